The Labute approximate surface area is 207 Å². The molecule has 5 N–H and O–H groups in total. The molecule has 2 aliphatic rings. The Morgan fingerprint density at radius 3 is 2.39 bits per heavy atom. The van der Waals surface area contributed by atoms with E-state index >= 15 is 0 Å². The van der Waals surface area contributed by atoms with Crippen molar-refractivity contribution >= 4 is 5.78 Å². The highest BCUT2D eigenvalue weighted by Gasteiger charge is 2.45. The van der Waals surface area contributed by atoms with Gasteiger partial charge in [-0.05, 0) is 32.0 Å². The molecule has 0 spiro atoms. The van der Waals surface area contributed by atoms with Crippen molar-refractivity contribution < 1.29 is 54.0 Å². The van der Waals surface area contributed by atoms with Gasteiger partial charge >= 0.3 is 0 Å². The van der Waals surface area contributed by atoms with E-state index in [2.05, 4.69) is 0 Å². The van der Waals surface area contributed by atoms with E-state index in [0.29, 0.717) is 22.6 Å². The fourth-order valence-corrected chi connectivity index (χ4v) is 4.56. The molecule has 2 aliphatic heterocycles. The minimum absolute atomic E-state index is 0.00395. The molecule has 6 atom stereocenters. The van der Waals surface area contributed by atoms with E-state index in [4.69, 9.17) is 23.7 Å². The standard InChI is InChI=1S/C25H30O11/c1-10-19(28)18-14(27)8-16(13-7-12(32-3)5-6-15(13)33-4)34-24(18)11(2)23(10)36-25-22(31)21(30)20(29)17(9-26)35-25/h5-7,16-17,20-22,25-26,28-31H,8-9H2,1-4H3/t16-,17+,20+,21-,22+,25-/m0/s1. The number of carbonyl (C=O) groups is 1. The number of aliphatic hydroxyl groups is 4. The summed E-state index contributed by atoms with van der Waals surface area (Å²) < 4.78 is 28.2. The summed E-state index contributed by atoms with van der Waals surface area (Å²) in [6.45, 7) is 2.51. The average Bonchev–Trinajstić information content (AvgIpc) is 2.88. The van der Waals surface area contributed by atoms with Crippen LogP contribution in [-0.4, -0.2) is 82.8 Å². The Kier molecular flexibility index (Phi) is 7.30. The second-order valence-electron chi connectivity index (χ2n) is 8.79. The Balaban J connectivity index is 1.74. The number of phenolic OH excluding ortho intramolecular Hbond substituents is 1. The summed E-state index contributed by atoms with van der Waals surface area (Å²) in [5, 5.41) is 50.9. The number of hydrogen-bond donors (Lipinski definition) is 5. The third-order valence-corrected chi connectivity index (χ3v) is 6.62. The predicted octanol–water partition coefficient (Wildman–Crippen LogP) is 0.911. The minimum Gasteiger partial charge on any atom is -0.507 e. The van der Waals surface area contributed by atoms with Crippen molar-refractivity contribution in [3.05, 3.63) is 40.5 Å². The van der Waals surface area contributed by atoms with Crippen molar-refractivity contribution in [2.24, 2.45) is 0 Å². The quantitative estimate of drug-likeness (QED) is 0.378. The predicted molar refractivity (Wildman–Crippen MR) is 124 cm³/mol. The maximum absolute atomic E-state index is 13.2. The van der Waals surface area contributed by atoms with Crippen LogP contribution in [0.3, 0.4) is 0 Å². The molecule has 0 amide bonds. The molecule has 11 heteroatoms. The SMILES string of the molecule is COc1ccc(OC)c([C@@H]2CC(=O)c3c(O)c(C)c(O[C@@H]4O[C@H](CO)[C@@H](O)[C@H](O)[C@H]4O)c(C)c3O2)c1. The molecular formula is C25H30O11. The molecule has 11 nitrogen and oxygen atoms in total. The monoisotopic (exact) mass is 506 g/mol. The van der Waals surface area contributed by atoms with Crippen LogP contribution in [0.4, 0.5) is 0 Å². The lowest BCUT2D eigenvalue weighted by Crippen LogP contribution is -2.60. The van der Waals surface area contributed by atoms with E-state index in [1.807, 2.05) is 0 Å². The zero-order valence-corrected chi connectivity index (χ0v) is 20.3. The normalized spacial score (nSPS) is 27.7. The van der Waals surface area contributed by atoms with Crippen LogP contribution < -0.4 is 18.9 Å². The summed E-state index contributed by atoms with van der Waals surface area (Å²) in [6.07, 6.45) is -8.33. The molecule has 36 heavy (non-hydrogen) atoms. The number of ether oxygens (including phenoxy) is 5. The summed E-state index contributed by atoms with van der Waals surface area (Å²) in [6, 6.07) is 5.12. The first-order valence-corrected chi connectivity index (χ1v) is 11.4. The number of rotatable bonds is 6. The Hall–Kier alpha value is -3.09. The summed E-state index contributed by atoms with van der Waals surface area (Å²) >= 11 is 0. The van der Waals surface area contributed by atoms with Gasteiger partial charge in [0.1, 0.15) is 64.8 Å². The summed E-state index contributed by atoms with van der Waals surface area (Å²) in [4.78, 5) is 13.2. The molecule has 0 aromatic heterocycles. The van der Waals surface area contributed by atoms with Gasteiger partial charge in [-0.3, -0.25) is 4.79 Å². The number of aliphatic hydroxyl groups excluding tert-OH is 4. The summed E-state index contributed by atoms with van der Waals surface area (Å²) in [5.74, 6) is 0.475. The highest BCUT2D eigenvalue weighted by molar-refractivity contribution is 6.04. The van der Waals surface area contributed by atoms with Gasteiger partial charge in [0, 0.05) is 16.7 Å². The topological polar surface area (TPSA) is 164 Å². The highest BCUT2D eigenvalue weighted by atomic mass is 16.7. The van der Waals surface area contributed by atoms with Crippen LogP contribution in [0, 0.1) is 13.8 Å². The van der Waals surface area contributed by atoms with Gasteiger partial charge in [0.05, 0.1) is 27.2 Å². The molecule has 0 unspecified atom stereocenters. The Morgan fingerprint density at radius 2 is 1.75 bits per heavy atom. The largest absolute Gasteiger partial charge is 0.507 e. The van der Waals surface area contributed by atoms with E-state index < -0.39 is 43.4 Å². The number of hydrogen-bond acceptors (Lipinski definition) is 11. The molecule has 2 aromatic carbocycles. The third kappa shape index (κ3) is 4.33. The van der Waals surface area contributed by atoms with Gasteiger partial charge in [0.25, 0.3) is 0 Å². The molecule has 2 heterocycles. The van der Waals surface area contributed by atoms with Crippen LogP contribution in [-0.2, 0) is 4.74 Å². The molecule has 196 valence electrons. The Bertz CT molecular complexity index is 1150. The van der Waals surface area contributed by atoms with Crippen molar-refractivity contribution in [3.8, 4) is 28.7 Å². The molecule has 0 saturated carbocycles. The van der Waals surface area contributed by atoms with Crippen LogP contribution in [0.5, 0.6) is 28.7 Å². The number of carbonyl (C=O) groups excluding carboxylic acids is 1. The van der Waals surface area contributed by atoms with Gasteiger partial charge in [-0.1, -0.05) is 0 Å². The number of methoxy groups -OCH3 is 2. The molecule has 0 bridgehead atoms. The van der Waals surface area contributed by atoms with E-state index in [9.17, 15) is 30.3 Å². The maximum atomic E-state index is 13.2. The van der Waals surface area contributed by atoms with Crippen molar-refractivity contribution in [2.45, 2.75) is 57.1 Å². The van der Waals surface area contributed by atoms with Crippen LogP contribution in [0.2, 0.25) is 0 Å². The van der Waals surface area contributed by atoms with E-state index in [-0.39, 0.29) is 40.6 Å². The first-order valence-electron chi connectivity index (χ1n) is 11.4. The number of benzene rings is 2. The number of Topliss-reactive ketones (excluding diaryl/α,β-unsaturated/α-hetero) is 1. The lowest BCUT2D eigenvalue weighted by molar-refractivity contribution is -0.277. The first kappa shape index (κ1) is 26.0. The fourth-order valence-electron chi connectivity index (χ4n) is 4.56. The van der Waals surface area contributed by atoms with E-state index in [1.54, 1.807) is 25.1 Å². The Morgan fingerprint density at radius 1 is 1.03 bits per heavy atom. The lowest BCUT2D eigenvalue weighted by atomic mass is 9.91. The molecule has 1 saturated heterocycles. The second-order valence-corrected chi connectivity index (χ2v) is 8.79. The molecule has 4 rings (SSSR count). The number of ketones is 1. The van der Waals surface area contributed by atoms with Crippen molar-refractivity contribution in [2.75, 3.05) is 20.8 Å². The highest BCUT2D eigenvalue weighted by Crippen LogP contribution is 2.49. The summed E-state index contributed by atoms with van der Waals surface area (Å²) in [5.41, 5.74) is 1.12. The van der Waals surface area contributed by atoms with Gasteiger partial charge in [0.2, 0.25) is 6.29 Å². The van der Waals surface area contributed by atoms with Gasteiger partial charge in [0.15, 0.2) is 5.78 Å². The van der Waals surface area contributed by atoms with Gasteiger partial charge in [-0.25, -0.2) is 0 Å². The molecule has 1 fully saturated rings. The third-order valence-electron chi connectivity index (χ3n) is 6.62. The van der Waals surface area contributed by atoms with Gasteiger partial charge in [-0.15, -0.1) is 0 Å². The second kappa shape index (κ2) is 10.1. The van der Waals surface area contributed by atoms with Crippen LogP contribution >= 0.6 is 0 Å². The van der Waals surface area contributed by atoms with Crippen molar-refractivity contribution in [1.82, 2.24) is 0 Å². The average molecular weight is 507 g/mol. The van der Waals surface area contributed by atoms with E-state index in [0.717, 1.165) is 0 Å². The molecule has 2 aromatic rings. The smallest absolute Gasteiger partial charge is 0.229 e. The fraction of sp³-hybridized carbons (Fsp3) is 0.480. The van der Waals surface area contributed by atoms with E-state index in [1.165, 1.54) is 21.1 Å². The van der Waals surface area contributed by atoms with Crippen LogP contribution in [0.1, 0.15) is 39.6 Å². The maximum Gasteiger partial charge on any atom is 0.229 e. The summed E-state index contributed by atoms with van der Waals surface area (Å²) in [7, 11) is 3.01. The van der Waals surface area contributed by atoms with Gasteiger partial charge in [-0.2, -0.15) is 0 Å². The van der Waals surface area contributed by atoms with Crippen LogP contribution in [0.15, 0.2) is 18.2 Å². The molecule has 0 aliphatic carbocycles. The zero-order valence-electron chi connectivity index (χ0n) is 20.3. The molecule has 0 radical (unpaired) electrons. The lowest BCUT2D eigenvalue weighted by Gasteiger charge is -2.40. The van der Waals surface area contributed by atoms with Gasteiger partial charge < -0.3 is 49.2 Å². The number of phenols is 1. The van der Waals surface area contributed by atoms with Crippen LogP contribution in [0.25, 0.3) is 0 Å². The van der Waals surface area contributed by atoms with Crippen molar-refractivity contribution in [1.29, 1.82) is 0 Å². The minimum atomic E-state index is -1.66. The van der Waals surface area contributed by atoms with Crippen molar-refractivity contribution in [3.63, 3.8) is 0 Å². The molecular weight excluding hydrogens is 476 g/mol. The number of fused-ring (bicyclic) bond motifs is 1. The zero-order chi connectivity index (χ0) is 26.3. The number of aromatic hydroxyl groups is 1. The first-order chi connectivity index (χ1) is 17.1.